The third kappa shape index (κ3) is 3.82. The maximum atomic E-state index is 12.4. The molecule has 0 bridgehead atoms. The molecule has 0 aliphatic rings. The number of alkyl halides is 2. The lowest BCUT2D eigenvalue weighted by atomic mass is 10.3. The van der Waals surface area contributed by atoms with Crippen molar-refractivity contribution in [1.82, 2.24) is 9.55 Å². The van der Waals surface area contributed by atoms with E-state index in [-0.39, 0.29) is 27.4 Å². The van der Waals surface area contributed by atoms with Gasteiger partial charge in [0.1, 0.15) is 5.15 Å². The Bertz CT molecular complexity index is 811. The minimum absolute atomic E-state index is 0.0110. The number of aryl methyl sites for hydroxylation is 1. The number of methoxy groups -OCH3 is 1. The first kappa shape index (κ1) is 17.3. The summed E-state index contributed by atoms with van der Waals surface area (Å²) in [7, 11) is -1.29. The van der Waals surface area contributed by atoms with Crippen molar-refractivity contribution in [3.63, 3.8) is 0 Å². The summed E-state index contributed by atoms with van der Waals surface area (Å²) in [4.78, 5) is 3.69. The van der Waals surface area contributed by atoms with Gasteiger partial charge in [-0.2, -0.15) is 17.2 Å². The number of anilines is 1. The van der Waals surface area contributed by atoms with Gasteiger partial charge in [-0.25, -0.2) is 4.98 Å². The lowest BCUT2D eigenvalue weighted by molar-refractivity contribution is -0.0511. The third-order valence-corrected chi connectivity index (χ3v) is 4.59. The van der Waals surface area contributed by atoms with E-state index in [4.69, 9.17) is 16.3 Å². The molecule has 1 heterocycles. The van der Waals surface area contributed by atoms with Crippen molar-refractivity contribution >= 4 is 27.3 Å². The molecule has 11 heteroatoms. The number of ether oxygens (including phenoxy) is 2. The molecule has 0 atom stereocenters. The van der Waals surface area contributed by atoms with Crippen LogP contribution in [0.5, 0.6) is 11.5 Å². The highest BCUT2D eigenvalue weighted by Gasteiger charge is 2.23. The van der Waals surface area contributed by atoms with Gasteiger partial charge in [-0.05, 0) is 12.1 Å². The highest BCUT2D eigenvalue weighted by Crippen LogP contribution is 2.32. The summed E-state index contributed by atoms with van der Waals surface area (Å²) in [5, 5.41) is -0.469. The molecule has 0 spiro atoms. The predicted molar refractivity (Wildman–Crippen MR) is 78.7 cm³/mol. The van der Waals surface area contributed by atoms with Crippen molar-refractivity contribution < 1.29 is 26.7 Å². The minimum atomic E-state index is -4.09. The van der Waals surface area contributed by atoms with Crippen molar-refractivity contribution in [1.29, 1.82) is 0 Å². The fourth-order valence-electron chi connectivity index (χ4n) is 1.71. The monoisotopic (exact) mass is 367 g/mol. The number of rotatable bonds is 6. The number of aromatic nitrogens is 2. The highest BCUT2D eigenvalue weighted by molar-refractivity contribution is 7.92. The van der Waals surface area contributed by atoms with E-state index in [1.165, 1.54) is 37.2 Å². The van der Waals surface area contributed by atoms with Crippen molar-refractivity contribution in [3.8, 4) is 11.5 Å². The van der Waals surface area contributed by atoms with Gasteiger partial charge in [0.05, 0.1) is 19.1 Å². The smallest absolute Gasteiger partial charge is 0.387 e. The quantitative estimate of drug-likeness (QED) is 0.848. The van der Waals surface area contributed by atoms with Crippen LogP contribution in [0.15, 0.2) is 29.6 Å². The van der Waals surface area contributed by atoms with E-state index in [9.17, 15) is 17.2 Å². The first-order valence-corrected chi connectivity index (χ1v) is 7.93. The van der Waals surface area contributed by atoms with Crippen molar-refractivity contribution in [2.75, 3.05) is 11.8 Å². The van der Waals surface area contributed by atoms with Gasteiger partial charge in [0.15, 0.2) is 11.5 Å². The molecular weight excluding hydrogens is 356 g/mol. The molecule has 0 radical (unpaired) electrons. The van der Waals surface area contributed by atoms with Crippen LogP contribution in [0, 0.1) is 0 Å². The fraction of sp³-hybridized carbons (Fsp3) is 0.250. The molecule has 1 N–H and O–H groups in total. The largest absolute Gasteiger partial charge is 0.493 e. The van der Waals surface area contributed by atoms with Crippen LogP contribution in [0.2, 0.25) is 5.15 Å². The Balaban J connectivity index is 2.34. The van der Waals surface area contributed by atoms with E-state index < -0.39 is 16.6 Å². The second-order valence-electron chi connectivity index (χ2n) is 4.30. The molecule has 7 nitrogen and oxygen atoms in total. The standard InChI is InChI=1S/C12H12ClF2N3O4S/c1-18-6-16-11(10(18)13)23(19,20)17-7-3-4-8(21-2)9(5-7)22-12(14)15/h3-6,12,17H,1-2H3. The molecule has 0 saturated carbocycles. The zero-order chi connectivity index (χ0) is 17.2. The number of hydrogen-bond acceptors (Lipinski definition) is 5. The first-order chi connectivity index (χ1) is 10.7. The van der Waals surface area contributed by atoms with Crippen molar-refractivity contribution in [2.24, 2.45) is 7.05 Å². The Morgan fingerprint density at radius 3 is 2.57 bits per heavy atom. The van der Waals surface area contributed by atoms with E-state index in [1.54, 1.807) is 0 Å². The molecule has 0 saturated heterocycles. The lowest BCUT2D eigenvalue weighted by Gasteiger charge is -2.12. The Kier molecular flexibility index (Phi) is 4.95. The zero-order valence-electron chi connectivity index (χ0n) is 12.0. The van der Waals surface area contributed by atoms with Crippen LogP contribution < -0.4 is 14.2 Å². The highest BCUT2D eigenvalue weighted by atomic mass is 35.5. The van der Waals surface area contributed by atoms with Gasteiger partial charge >= 0.3 is 6.61 Å². The second kappa shape index (κ2) is 6.59. The second-order valence-corrected chi connectivity index (χ2v) is 6.26. The molecule has 1 aromatic carbocycles. The topological polar surface area (TPSA) is 82.5 Å². The van der Waals surface area contributed by atoms with Crippen LogP contribution in [-0.2, 0) is 17.1 Å². The van der Waals surface area contributed by atoms with Crippen LogP contribution in [0.4, 0.5) is 14.5 Å². The van der Waals surface area contributed by atoms with Crippen LogP contribution in [-0.4, -0.2) is 31.7 Å². The van der Waals surface area contributed by atoms with Crippen LogP contribution in [0.3, 0.4) is 0 Å². The van der Waals surface area contributed by atoms with Crippen LogP contribution >= 0.6 is 11.6 Å². The van der Waals surface area contributed by atoms with E-state index in [0.29, 0.717) is 0 Å². The van der Waals surface area contributed by atoms with E-state index in [2.05, 4.69) is 14.4 Å². The zero-order valence-corrected chi connectivity index (χ0v) is 13.5. The minimum Gasteiger partial charge on any atom is -0.493 e. The predicted octanol–water partition coefficient (Wildman–Crippen LogP) is 2.48. The Morgan fingerprint density at radius 1 is 1.35 bits per heavy atom. The molecule has 0 aliphatic heterocycles. The van der Waals surface area contributed by atoms with Gasteiger partial charge in [0, 0.05) is 13.1 Å². The van der Waals surface area contributed by atoms with Gasteiger partial charge in [-0.15, -0.1) is 0 Å². The normalized spacial score (nSPS) is 11.6. The molecule has 0 unspecified atom stereocenters. The van der Waals surface area contributed by atoms with Gasteiger partial charge < -0.3 is 14.0 Å². The molecule has 0 fully saturated rings. The summed E-state index contributed by atoms with van der Waals surface area (Å²) in [6.07, 6.45) is 1.23. The molecule has 23 heavy (non-hydrogen) atoms. The summed E-state index contributed by atoms with van der Waals surface area (Å²) >= 11 is 5.84. The number of benzene rings is 1. The van der Waals surface area contributed by atoms with Gasteiger partial charge in [-0.3, -0.25) is 4.72 Å². The maximum absolute atomic E-state index is 12.4. The number of hydrogen-bond donors (Lipinski definition) is 1. The fourth-order valence-corrected chi connectivity index (χ4v) is 3.19. The summed E-state index contributed by atoms with van der Waals surface area (Å²) in [5.74, 6) is -0.279. The lowest BCUT2D eigenvalue weighted by Crippen LogP contribution is -2.14. The molecular formula is C12H12ClF2N3O4S. The average Bonchev–Trinajstić information content (AvgIpc) is 2.79. The molecule has 0 amide bonds. The summed E-state index contributed by atoms with van der Waals surface area (Å²) in [5.41, 5.74) is -0.0110. The Hall–Kier alpha value is -2.07. The third-order valence-electron chi connectivity index (χ3n) is 2.72. The summed E-state index contributed by atoms with van der Waals surface area (Å²) in [6.45, 7) is -3.08. The SMILES string of the molecule is COc1ccc(NS(=O)(=O)c2ncn(C)c2Cl)cc1OC(F)F. The summed E-state index contributed by atoms with van der Waals surface area (Å²) < 4.78 is 61.9. The number of halogens is 3. The Morgan fingerprint density at radius 2 is 2.04 bits per heavy atom. The Labute approximate surface area is 135 Å². The number of imidazole rings is 1. The molecule has 2 aromatic rings. The first-order valence-electron chi connectivity index (χ1n) is 6.07. The molecule has 126 valence electrons. The van der Waals surface area contributed by atoms with Crippen molar-refractivity contribution in [3.05, 3.63) is 29.7 Å². The van der Waals surface area contributed by atoms with E-state index in [1.807, 2.05) is 0 Å². The maximum Gasteiger partial charge on any atom is 0.387 e. The average molecular weight is 368 g/mol. The van der Waals surface area contributed by atoms with Gasteiger partial charge in [0.2, 0.25) is 5.03 Å². The van der Waals surface area contributed by atoms with E-state index in [0.717, 1.165) is 6.07 Å². The van der Waals surface area contributed by atoms with Crippen molar-refractivity contribution in [2.45, 2.75) is 11.6 Å². The molecule has 1 aromatic heterocycles. The molecule has 0 aliphatic carbocycles. The summed E-state index contributed by atoms with van der Waals surface area (Å²) in [6, 6.07) is 3.68. The number of sulfonamides is 1. The number of nitrogens with one attached hydrogen (secondary N) is 1. The van der Waals surface area contributed by atoms with Crippen LogP contribution in [0.1, 0.15) is 0 Å². The van der Waals surface area contributed by atoms with Gasteiger partial charge in [0.25, 0.3) is 10.0 Å². The number of nitrogens with zero attached hydrogens (tertiary/aromatic N) is 2. The van der Waals surface area contributed by atoms with Gasteiger partial charge in [-0.1, -0.05) is 11.6 Å². The molecule has 2 rings (SSSR count). The van der Waals surface area contributed by atoms with Crippen LogP contribution in [0.25, 0.3) is 0 Å². The van der Waals surface area contributed by atoms with E-state index >= 15 is 0 Å².